The molecule has 8 rings (SSSR count). The van der Waals surface area contributed by atoms with Gasteiger partial charge < -0.3 is 5.11 Å². The van der Waals surface area contributed by atoms with Gasteiger partial charge in [-0.3, -0.25) is 29.6 Å². The first-order valence-electron chi connectivity index (χ1n) is 17.2. The Morgan fingerprint density at radius 2 is 1.57 bits per heavy atom. The lowest BCUT2D eigenvalue weighted by Gasteiger charge is -2.50. The van der Waals surface area contributed by atoms with Crippen LogP contribution < -0.4 is 10.4 Å². The number of pyridine rings is 1. The highest BCUT2D eigenvalue weighted by molar-refractivity contribution is 6.33. The van der Waals surface area contributed by atoms with Crippen molar-refractivity contribution < 1.29 is 41.8 Å². The minimum Gasteiger partial charge on any atom is -0.508 e. The van der Waals surface area contributed by atoms with E-state index in [1.165, 1.54) is 37.4 Å². The quantitative estimate of drug-likeness (QED) is 0.114. The van der Waals surface area contributed by atoms with Crippen molar-refractivity contribution in [2.45, 2.75) is 30.4 Å². The van der Waals surface area contributed by atoms with Crippen LogP contribution in [0, 0.1) is 29.5 Å². The van der Waals surface area contributed by atoms with Crippen LogP contribution in [-0.4, -0.2) is 50.8 Å². The van der Waals surface area contributed by atoms with E-state index in [1.807, 2.05) is 0 Å². The van der Waals surface area contributed by atoms with E-state index in [9.17, 15) is 37.1 Å². The maximum Gasteiger partial charge on any atom is 0.433 e. The molecule has 17 heteroatoms. The third-order valence-electron chi connectivity index (χ3n) is 11.3. The lowest BCUT2D eigenvalue weighted by atomic mass is 9.49. The minimum atomic E-state index is -4.85. The summed E-state index contributed by atoms with van der Waals surface area (Å²) < 4.78 is 54.9. The number of phenolic OH excluding ortho intramolecular Hbond substituents is 1. The Hall–Kier alpha value is -5.18. The highest BCUT2D eigenvalue weighted by atomic mass is 35.5. The first kappa shape index (κ1) is 37.7. The normalized spacial score (nSPS) is 25.9. The number of benzene rings is 3. The van der Waals surface area contributed by atoms with E-state index in [2.05, 4.69) is 10.4 Å². The first-order chi connectivity index (χ1) is 26.5. The number of nitrogens with one attached hydrogen (secondary N) is 1. The summed E-state index contributed by atoms with van der Waals surface area (Å²) >= 11 is 19.5. The van der Waals surface area contributed by atoms with Gasteiger partial charge >= 0.3 is 6.18 Å². The topological polar surface area (TPSA) is 123 Å². The van der Waals surface area contributed by atoms with E-state index in [0.29, 0.717) is 27.8 Å². The molecule has 3 heterocycles. The number of alkyl halides is 3. The standard InChI is InChI=1S/C39H28Cl3F4N5O5/c1-49(33-28(41)14-15-30(47-33)39(44,45)46)51-34(53)25-13-12-23-26(31(25)36(51)55)17-27-35(54)50(48-21-8-6-20(43)7-9-21)37(56)38(27,18-2-4-19(40)5-3-18)32(23)24-11-10-22(52)16-29(24)42/h2-12,14-16,25-27,31-32,48,52H,13,17H2,1H3/t25-,26+,27-,31-,32+,38+/m0/s1. The number of imide groups is 2. The maximum absolute atomic E-state index is 15.2. The second kappa shape index (κ2) is 13.5. The largest absolute Gasteiger partial charge is 0.508 e. The van der Waals surface area contributed by atoms with Gasteiger partial charge in [0.05, 0.1) is 33.9 Å². The van der Waals surface area contributed by atoms with Crippen molar-refractivity contribution in [3.63, 3.8) is 0 Å². The van der Waals surface area contributed by atoms with Crippen molar-refractivity contribution in [1.29, 1.82) is 0 Å². The van der Waals surface area contributed by atoms with Gasteiger partial charge in [-0.2, -0.15) is 23.2 Å². The lowest BCUT2D eigenvalue weighted by Crippen LogP contribution is -2.53. The van der Waals surface area contributed by atoms with E-state index in [1.54, 1.807) is 30.3 Å². The summed E-state index contributed by atoms with van der Waals surface area (Å²) in [6.07, 6.45) is -3.22. The van der Waals surface area contributed by atoms with E-state index >= 15 is 4.79 Å². The van der Waals surface area contributed by atoms with E-state index < -0.39 is 82.1 Å². The number of phenols is 1. The fourth-order valence-corrected chi connectivity index (χ4v) is 9.58. The fourth-order valence-electron chi connectivity index (χ4n) is 8.94. The third kappa shape index (κ3) is 5.71. The SMILES string of the molecule is CN(c1nc(C(F)(F)F)ccc1Cl)N1C(=O)[C@H]2[C@H](CC=C3[C@H]2C[C@H]2C(=O)N(Nc4ccc(F)cc4)C(=O)[C@@]2(c2ccc(Cl)cc2)[C@H]3c2ccc(O)cc2Cl)C1=O. The molecule has 10 nitrogen and oxygen atoms in total. The molecule has 3 fully saturated rings. The number of aromatic nitrogens is 1. The van der Waals surface area contributed by atoms with Crippen LogP contribution in [0.5, 0.6) is 5.75 Å². The van der Waals surface area contributed by atoms with Crippen LogP contribution in [0.1, 0.15) is 35.6 Å². The van der Waals surface area contributed by atoms with Crippen LogP contribution in [0.4, 0.5) is 29.1 Å². The molecule has 4 aromatic rings. The number of rotatable bonds is 6. The molecule has 56 heavy (non-hydrogen) atoms. The molecule has 2 aliphatic heterocycles. The first-order valence-corrected chi connectivity index (χ1v) is 18.4. The molecule has 1 aromatic heterocycles. The number of hydrogen-bond donors (Lipinski definition) is 2. The molecule has 4 aliphatic rings. The number of halogens is 7. The molecule has 2 N–H and O–H groups in total. The molecule has 3 aromatic carbocycles. The zero-order chi connectivity index (χ0) is 40.0. The molecule has 0 spiro atoms. The molecule has 0 bridgehead atoms. The number of nitrogens with zero attached hydrogens (tertiary/aromatic N) is 4. The number of anilines is 2. The Kier molecular flexibility index (Phi) is 9.09. The average Bonchev–Trinajstić information content (AvgIpc) is 3.53. The van der Waals surface area contributed by atoms with Gasteiger partial charge in [0.25, 0.3) is 23.6 Å². The van der Waals surface area contributed by atoms with Crippen molar-refractivity contribution in [2.75, 3.05) is 17.5 Å². The second-order valence-electron chi connectivity index (χ2n) is 14.1. The third-order valence-corrected chi connectivity index (χ3v) is 12.1. The zero-order valence-corrected chi connectivity index (χ0v) is 31.2. The number of carbonyl (C=O) groups is 4. The Bertz CT molecular complexity index is 2360. The van der Waals surface area contributed by atoms with Gasteiger partial charge in [0, 0.05) is 23.0 Å². The molecule has 2 saturated heterocycles. The van der Waals surface area contributed by atoms with Crippen LogP contribution in [0.3, 0.4) is 0 Å². The van der Waals surface area contributed by atoms with Crippen LogP contribution >= 0.6 is 34.8 Å². The highest BCUT2D eigenvalue weighted by Gasteiger charge is 2.70. The molecular formula is C39H28Cl3F4N5O5. The number of carbonyl (C=O) groups excluding carboxylic acids is 4. The monoisotopic (exact) mass is 827 g/mol. The molecule has 0 unspecified atom stereocenters. The van der Waals surface area contributed by atoms with Crippen molar-refractivity contribution in [3.05, 3.63) is 128 Å². The molecule has 288 valence electrons. The number of hydrogen-bond acceptors (Lipinski definition) is 8. The molecule has 4 amide bonds. The smallest absolute Gasteiger partial charge is 0.433 e. The van der Waals surface area contributed by atoms with Crippen LogP contribution in [0.15, 0.2) is 90.5 Å². The summed E-state index contributed by atoms with van der Waals surface area (Å²) in [5.41, 5.74) is 1.31. The summed E-state index contributed by atoms with van der Waals surface area (Å²) in [5, 5.41) is 13.0. The van der Waals surface area contributed by atoms with Crippen molar-refractivity contribution >= 4 is 69.9 Å². The van der Waals surface area contributed by atoms with Crippen LogP contribution in [-0.2, 0) is 30.8 Å². The number of aromatic hydroxyl groups is 1. The van der Waals surface area contributed by atoms with Gasteiger partial charge in [-0.05, 0) is 90.6 Å². The highest BCUT2D eigenvalue weighted by Crippen LogP contribution is 2.65. The lowest BCUT2D eigenvalue weighted by molar-refractivity contribution is -0.142. The Morgan fingerprint density at radius 1 is 0.875 bits per heavy atom. The van der Waals surface area contributed by atoms with Gasteiger partial charge in [0.1, 0.15) is 17.3 Å². The molecular weight excluding hydrogens is 801 g/mol. The number of allylic oxidation sites excluding steroid dienone is 2. The number of amides is 4. The Labute approximate surface area is 331 Å². The van der Waals surface area contributed by atoms with E-state index in [0.717, 1.165) is 33.2 Å². The van der Waals surface area contributed by atoms with Gasteiger partial charge in [0.2, 0.25) is 0 Å². The van der Waals surface area contributed by atoms with Gasteiger partial charge in [0.15, 0.2) is 5.82 Å². The summed E-state index contributed by atoms with van der Waals surface area (Å²) in [7, 11) is 1.21. The summed E-state index contributed by atoms with van der Waals surface area (Å²) in [4.78, 5) is 62.3. The van der Waals surface area contributed by atoms with Crippen molar-refractivity contribution in [3.8, 4) is 5.75 Å². The van der Waals surface area contributed by atoms with Crippen molar-refractivity contribution in [1.82, 2.24) is 15.0 Å². The second-order valence-corrected chi connectivity index (χ2v) is 15.3. The molecule has 6 atom stereocenters. The fraction of sp³-hybridized carbons (Fsp3) is 0.256. The predicted molar refractivity (Wildman–Crippen MR) is 197 cm³/mol. The summed E-state index contributed by atoms with van der Waals surface area (Å²) in [5.74, 6) is -9.29. The zero-order valence-electron chi connectivity index (χ0n) is 28.9. The molecule has 0 radical (unpaired) electrons. The minimum absolute atomic E-state index is 0.0115. The van der Waals surface area contributed by atoms with Crippen LogP contribution in [0.25, 0.3) is 0 Å². The van der Waals surface area contributed by atoms with Crippen LogP contribution in [0.2, 0.25) is 15.1 Å². The molecule has 2 aliphatic carbocycles. The maximum atomic E-state index is 15.2. The number of fused-ring (bicyclic) bond motifs is 4. The Balaban J connectivity index is 1.28. The van der Waals surface area contributed by atoms with E-state index in [4.69, 9.17) is 34.8 Å². The van der Waals surface area contributed by atoms with Gasteiger partial charge in [-0.25, -0.2) is 9.37 Å². The average molecular weight is 829 g/mol. The summed E-state index contributed by atoms with van der Waals surface area (Å²) in [6, 6.07) is 17.3. The molecule has 1 saturated carbocycles. The Morgan fingerprint density at radius 3 is 2.23 bits per heavy atom. The van der Waals surface area contributed by atoms with Crippen molar-refractivity contribution in [2.24, 2.45) is 23.7 Å². The van der Waals surface area contributed by atoms with E-state index in [-0.39, 0.29) is 34.3 Å². The van der Waals surface area contributed by atoms with Gasteiger partial charge in [-0.15, -0.1) is 0 Å². The number of hydrazine groups is 2. The predicted octanol–water partition coefficient (Wildman–Crippen LogP) is 7.94. The summed E-state index contributed by atoms with van der Waals surface area (Å²) in [6.45, 7) is 0. The van der Waals surface area contributed by atoms with Gasteiger partial charge in [-0.1, -0.05) is 64.7 Å².